The van der Waals surface area contributed by atoms with E-state index in [1.165, 1.54) is 18.4 Å². The molecular formula is C22H18N4O4S. The Balaban J connectivity index is 1.44. The number of benzene rings is 2. The van der Waals surface area contributed by atoms with Crippen LogP contribution in [0.1, 0.15) is 21.1 Å². The number of nitrogens with zero attached hydrogens (tertiary/aromatic N) is 4. The van der Waals surface area contributed by atoms with Crippen molar-refractivity contribution in [3.05, 3.63) is 59.0 Å². The molecule has 31 heavy (non-hydrogen) atoms. The van der Waals surface area contributed by atoms with E-state index in [0.29, 0.717) is 16.3 Å². The van der Waals surface area contributed by atoms with Gasteiger partial charge in [-0.15, -0.1) is 16.4 Å². The minimum absolute atomic E-state index is 0.206. The number of aryl methyl sites for hydroxylation is 1. The third kappa shape index (κ3) is 3.32. The van der Waals surface area contributed by atoms with Crippen molar-refractivity contribution in [2.75, 3.05) is 14.2 Å². The first-order chi connectivity index (χ1) is 15.1. The lowest BCUT2D eigenvalue weighted by Crippen LogP contribution is -1.99. The monoisotopic (exact) mass is 434 g/mol. The molecule has 0 fully saturated rings. The Kier molecular flexibility index (Phi) is 4.67. The van der Waals surface area contributed by atoms with Crippen molar-refractivity contribution < 1.29 is 19.0 Å². The third-order valence-electron chi connectivity index (χ3n) is 5.07. The van der Waals surface area contributed by atoms with Crippen LogP contribution >= 0.6 is 11.3 Å². The summed E-state index contributed by atoms with van der Waals surface area (Å²) in [5.41, 5.74) is 1.42. The molecule has 0 atom stereocenters. The van der Waals surface area contributed by atoms with E-state index in [2.05, 4.69) is 15.1 Å². The number of aromatic nitrogens is 4. The van der Waals surface area contributed by atoms with E-state index < -0.39 is 0 Å². The number of methoxy groups -OCH3 is 2. The summed E-state index contributed by atoms with van der Waals surface area (Å²) in [6.45, 7) is 2.07. The lowest BCUT2D eigenvalue weighted by Gasteiger charge is -2.06. The van der Waals surface area contributed by atoms with Crippen LogP contribution in [0.25, 0.3) is 26.6 Å². The summed E-state index contributed by atoms with van der Waals surface area (Å²) in [7, 11) is 3.02. The second kappa shape index (κ2) is 7.51. The van der Waals surface area contributed by atoms with Crippen molar-refractivity contribution in [2.24, 2.45) is 0 Å². The normalized spacial score (nSPS) is 11.3. The fourth-order valence-corrected chi connectivity index (χ4v) is 4.55. The number of thiophene rings is 1. The van der Waals surface area contributed by atoms with Crippen LogP contribution in [-0.2, 0) is 11.3 Å². The number of hydrogen-bond acceptors (Lipinski definition) is 8. The molecule has 0 N–H and O–H groups in total. The van der Waals surface area contributed by atoms with Crippen molar-refractivity contribution in [1.29, 1.82) is 0 Å². The largest absolute Gasteiger partial charge is 0.497 e. The molecule has 0 radical (unpaired) electrons. The van der Waals surface area contributed by atoms with E-state index in [1.54, 1.807) is 18.0 Å². The van der Waals surface area contributed by atoms with E-state index in [0.717, 1.165) is 38.1 Å². The predicted octanol–water partition coefficient (Wildman–Crippen LogP) is 4.17. The zero-order chi connectivity index (χ0) is 21.5. The van der Waals surface area contributed by atoms with Gasteiger partial charge in [0.1, 0.15) is 34.1 Å². The second-order valence-corrected chi connectivity index (χ2v) is 7.93. The summed E-state index contributed by atoms with van der Waals surface area (Å²) in [5, 5.41) is 7.39. The first-order valence-electron chi connectivity index (χ1n) is 9.49. The second-order valence-electron chi connectivity index (χ2n) is 6.93. The van der Waals surface area contributed by atoms with Gasteiger partial charge in [-0.1, -0.05) is 12.1 Å². The van der Waals surface area contributed by atoms with Gasteiger partial charge in [0.05, 0.1) is 19.6 Å². The Hall–Kier alpha value is -3.72. The van der Waals surface area contributed by atoms with Crippen molar-refractivity contribution in [3.63, 3.8) is 0 Å². The highest BCUT2D eigenvalue weighted by Crippen LogP contribution is 2.32. The van der Waals surface area contributed by atoms with Gasteiger partial charge in [-0.3, -0.25) is 0 Å². The number of rotatable bonds is 5. The standard InChI is InChI=1S/C22H18N4O4S/c1-12-18-20-24-17(25-26(20)11-23-21(18)31-19(12)22(27)29-3)10-30-16-7-5-13-8-15(28-2)6-4-14(13)9-16/h4-9,11H,10H2,1-3H3. The van der Waals surface area contributed by atoms with Crippen LogP contribution in [0.15, 0.2) is 42.7 Å². The van der Waals surface area contributed by atoms with Crippen molar-refractivity contribution >= 4 is 43.9 Å². The van der Waals surface area contributed by atoms with E-state index in [9.17, 15) is 4.79 Å². The Morgan fingerprint density at radius 3 is 2.58 bits per heavy atom. The molecule has 0 bridgehead atoms. The summed E-state index contributed by atoms with van der Waals surface area (Å²) in [6, 6.07) is 11.7. The fraction of sp³-hybridized carbons (Fsp3) is 0.182. The van der Waals surface area contributed by atoms with Crippen molar-refractivity contribution in [3.8, 4) is 11.5 Å². The van der Waals surface area contributed by atoms with Gasteiger partial charge < -0.3 is 14.2 Å². The van der Waals surface area contributed by atoms with E-state index in [1.807, 2.05) is 43.3 Å². The van der Waals surface area contributed by atoms with Gasteiger partial charge in [0.2, 0.25) is 0 Å². The summed E-state index contributed by atoms with van der Waals surface area (Å²) in [4.78, 5) is 22.3. The summed E-state index contributed by atoms with van der Waals surface area (Å²) in [5.74, 6) is 1.68. The molecule has 0 amide bonds. The van der Waals surface area contributed by atoms with Crippen LogP contribution in [0.5, 0.6) is 11.5 Å². The average molecular weight is 434 g/mol. The topological polar surface area (TPSA) is 87.8 Å². The number of ether oxygens (including phenoxy) is 3. The lowest BCUT2D eigenvalue weighted by atomic mass is 10.1. The van der Waals surface area contributed by atoms with Gasteiger partial charge in [0, 0.05) is 0 Å². The van der Waals surface area contributed by atoms with E-state index in [-0.39, 0.29) is 12.6 Å². The number of esters is 1. The first kappa shape index (κ1) is 19.3. The van der Waals surface area contributed by atoms with Gasteiger partial charge >= 0.3 is 5.97 Å². The molecule has 0 spiro atoms. The highest BCUT2D eigenvalue weighted by Gasteiger charge is 2.20. The SMILES string of the molecule is COC(=O)c1sc2ncn3nc(COc4ccc5cc(OC)ccc5c4)nc3c2c1C. The Morgan fingerprint density at radius 2 is 1.84 bits per heavy atom. The molecule has 8 nitrogen and oxygen atoms in total. The number of fused-ring (bicyclic) bond motifs is 4. The highest BCUT2D eigenvalue weighted by molar-refractivity contribution is 7.20. The molecular weight excluding hydrogens is 416 g/mol. The Morgan fingerprint density at radius 1 is 1.10 bits per heavy atom. The number of hydrogen-bond donors (Lipinski definition) is 0. The predicted molar refractivity (Wildman–Crippen MR) is 117 cm³/mol. The minimum Gasteiger partial charge on any atom is -0.497 e. The van der Waals surface area contributed by atoms with Gasteiger partial charge in [0.25, 0.3) is 0 Å². The maximum Gasteiger partial charge on any atom is 0.348 e. The molecule has 2 aromatic carbocycles. The third-order valence-corrected chi connectivity index (χ3v) is 6.25. The van der Waals surface area contributed by atoms with E-state index >= 15 is 0 Å². The molecule has 0 saturated heterocycles. The van der Waals surface area contributed by atoms with Crippen LogP contribution in [0.3, 0.4) is 0 Å². The highest BCUT2D eigenvalue weighted by atomic mass is 32.1. The molecule has 5 rings (SSSR count). The molecule has 5 aromatic rings. The zero-order valence-electron chi connectivity index (χ0n) is 17.1. The summed E-state index contributed by atoms with van der Waals surface area (Å²) >= 11 is 1.29. The van der Waals surface area contributed by atoms with Crippen LogP contribution in [0.4, 0.5) is 0 Å². The van der Waals surface area contributed by atoms with Crippen LogP contribution in [0, 0.1) is 6.92 Å². The van der Waals surface area contributed by atoms with E-state index in [4.69, 9.17) is 14.2 Å². The molecule has 3 heterocycles. The van der Waals surface area contributed by atoms with Crippen molar-refractivity contribution in [2.45, 2.75) is 13.5 Å². The number of carbonyl (C=O) groups excluding carboxylic acids is 1. The molecule has 3 aromatic heterocycles. The van der Waals surface area contributed by atoms with Gasteiger partial charge in [-0.2, -0.15) is 0 Å². The molecule has 156 valence electrons. The van der Waals surface area contributed by atoms with Gasteiger partial charge in [0.15, 0.2) is 11.5 Å². The minimum atomic E-state index is -0.379. The van der Waals surface area contributed by atoms with Gasteiger partial charge in [-0.05, 0) is 47.5 Å². The molecule has 0 aliphatic rings. The van der Waals surface area contributed by atoms with Crippen LogP contribution < -0.4 is 9.47 Å². The van der Waals surface area contributed by atoms with Crippen molar-refractivity contribution in [1.82, 2.24) is 19.6 Å². The Bertz CT molecular complexity index is 1460. The first-order valence-corrected chi connectivity index (χ1v) is 10.3. The summed E-state index contributed by atoms with van der Waals surface area (Å²) in [6.07, 6.45) is 1.59. The van der Waals surface area contributed by atoms with Crippen LogP contribution in [0.2, 0.25) is 0 Å². The maximum absolute atomic E-state index is 12.0. The zero-order valence-corrected chi connectivity index (χ0v) is 17.9. The Labute approximate surface area is 181 Å². The number of carbonyl (C=O) groups is 1. The average Bonchev–Trinajstić information content (AvgIpc) is 3.37. The maximum atomic E-state index is 12.0. The molecule has 0 unspecified atom stereocenters. The summed E-state index contributed by atoms with van der Waals surface area (Å²) < 4.78 is 17.7. The molecule has 0 aliphatic carbocycles. The van der Waals surface area contributed by atoms with Crippen LogP contribution in [-0.4, -0.2) is 39.8 Å². The lowest BCUT2D eigenvalue weighted by molar-refractivity contribution is 0.0605. The molecule has 9 heteroatoms. The quantitative estimate of drug-likeness (QED) is 0.384. The molecule has 0 saturated carbocycles. The fourth-order valence-electron chi connectivity index (χ4n) is 3.49. The molecule has 0 aliphatic heterocycles. The smallest absolute Gasteiger partial charge is 0.348 e. The van der Waals surface area contributed by atoms with Gasteiger partial charge in [-0.25, -0.2) is 19.3 Å².